The van der Waals surface area contributed by atoms with Crippen molar-refractivity contribution in [1.29, 1.82) is 0 Å². The van der Waals surface area contributed by atoms with Crippen LogP contribution in [-0.4, -0.2) is 30.8 Å². The van der Waals surface area contributed by atoms with Gasteiger partial charge in [-0.05, 0) is 105 Å². The molecular formula is C42H46N4OS. The molecule has 1 unspecified atom stereocenters. The summed E-state index contributed by atoms with van der Waals surface area (Å²) in [5.74, 6) is 3.43. The van der Waals surface area contributed by atoms with Gasteiger partial charge < -0.3 is 4.74 Å². The normalized spacial score (nSPS) is 18.4. The SMILES string of the molecule is CSC1C=C(C)[C@@H](c2c(C)nn(-c3cc(C)cc(Oc4ccc5c6ccccc6n(-c6cc(C(C)(C)C)ccn6)c5c4)c3)c2C)[C@@H](C)C1. The van der Waals surface area contributed by atoms with Gasteiger partial charge in [0.05, 0.1) is 22.4 Å². The zero-order chi connectivity index (χ0) is 33.9. The van der Waals surface area contributed by atoms with E-state index in [0.29, 0.717) is 17.1 Å². The van der Waals surface area contributed by atoms with E-state index in [1.165, 1.54) is 39.6 Å². The number of para-hydroxylation sites is 1. The highest BCUT2D eigenvalue weighted by Crippen LogP contribution is 2.44. The summed E-state index contributed by atoms with van der Waals surface area (Å²) in [6.07, 6.45) is 7.80. The van der Waals surface area contributed by atoms with Crippen molar-refractivity contribution >= 4 is 33.6 Å². The maximum atomic E-state index is 6.66. The highest BCUT2D eigenvalue weighted by molar-refractivity contribution is 7.99. The molecule has 3 heterocycles. The Morgan fingerprint density at radius 3 is 2.38 bits per heavy atom. The molecule has 6 aromatic rings. The van der Waals surface area contributed by atoms with E-state index in [2.05, 4.69) is 150 Å². The molecule has 0 N–H and O–H groups in total. The third-order valence-corrected chi connectivity index (χ3v) is 11.0. The molecule has 48 heavy (non-hydrogen) atoms. The van der Waals surface area contributed by atoms with Gasteiger partial charge in [0.1, 0.15) is 17.3 Å². The smallest absolute Gasteiger partial charge is 0.137 e. The lowest BCUT2D eigenvalue weighted by Gasteiger charge is -2.33. The molecule has 0 spiro atoms. The minimum Gasteiger partial charge on any atom is -0.457 e. The van der Waals surface area contributed by atoms with Crippen molar-refractivity contribution in [2.45, 2.75) is 78.4 Å². The van der Waals surface area contributed by atoms with E-state index in [1.807, 2.05) is 18.0 Å². The summed E-state index contributed by atoms with van der Waals surface area (Å²) in [6, 6.07) is 25.7. The van der Waals surface area contributed by atoms with Crippen molar-refractivity contribution in [2.75, 3.05) is 6.26 Å². The molecule has 0 bridgehead atoms. The molecule has 0 radical (unpaired) electrons. The van der Waals surface area contributed by atoms with Gasteiger partial charge in [0.15, 0.2) is 0 Å². The number of pyridine rings is 1. The van der Waals surface area contributed by atoms with Crippen molar-refractivity contribution in [2.24, 2.45) is 5.92 Å². The van der Waals surface area contributed by atoms with Gasteiger partial charge in [-0.15, -0.1) is 0 Å². The number of thioether (sulfide) groups is 1. The van der Waals surface area contributed by atoms with Crippen LogP contribution in [0, 0.1) is 26.7 Å². The van der Waals surface area contributed by atoms with Crippen LogP contribution in [0.1, 0.15) is 75.0 Å². The highest BCUT2D eigenvalue weighted by atomic mass is 32.2. The molecule has 0 saturated carbocycles. The zero-order valence-corrected chi connectivity index (χ0v) is 30.4. The first-order valence-electron chi connectivity index (χ1n) is 17.0. The summed E-state index contributed by atoms with van der Waals surface area (Å²) in [7, 11) is 0. The molecule has 5 nitrogen and oxygen atoms in total. The van der Waals surface area contributed by atoms with Gasteiger partial charge in [0.2, 0.25) is 0 Å². The third kappa shape index (κ3) is 5.74. The van der Waals surface area contributed by atoms with Gasteiger partial charge in [-0.3, -0.25) is 4.57 Å². The number of fused-ring (bicyclic) bond motifs is 3. The number of benzene rings is 3. The number of ether oxygens (including phenoxy) is 1. The number of hydrogen-bond donors (Lipinski definition) is 0. The second-order valence-electron chi connectivity index (χ2n) is 14.7. The van der Waals surface area contributed by atoms with Crippen LogP contribution in [-0.2, 0) is 5.41 Å². The Morgan fingerprint density at radius 2 is 1.62 bits per heavy atom. The molecule has 246 valence electrons. The van der Waals surface area contributed by atoms with Crippen LogP contribution in [0.2, 0.25) is 0 Å². The lowest BCUT2D eigenvalue weighted by molar-refractivity contribution is 0.453. The maximum Gasteiger partial charge on any atom is 0.137 e. The first-order chi connectivity index (χ1) is 22.9. The Labute approximate surface area is 289 Å². The predicted molar refractivity (Wildman–Crippen MR) is 203 cm³/mol. The van der Waals surface area contributed by atoms with Crippen molar-refractivity contribution in [1.82, 2.24) is 19.3 Å². The van der Waals surface area contributed by atoms with Crippen LogP contribution < -0.4 is 4.74 Å². The molecule has 1 aliphatic carbocycles. The summed E-state index contributed by atoms with van der Waals surface area (Å²) in [5, 5.41) is 8.07. The largest absolute Gasteiger partial charge is 0.457 e. The van der Waals surface area contributed by atoms with Crippen LogP contribution in [0.15, 0.2) is 90.6 Å². The number of rotatable bonds is 6. The standard InChI is InChI=1S/C42H46N4OS/c1-25-18-31(46-29(5)41(28(4)44-46)40-26(2)20-34(48-9)21-27(40)3)23-33(19-25)47-32-14-15-36-35-12-10-11-13-37(35)45(38(36)24-32)39-22-30(16-17-43-39)42(6,7)8/h10-20,22-24,27,34,40H,21H2,1-9H3/t27-,34?,40+/m0/s1. The molecule has 6 heteroatoms. The van der Waals surface area contributed by atoms with Crippen molar-refractivity contribution in [3.05, 3.63) is 119 Å². The van der Waals surface area contributed by atoms with Crippen molar-refractivity contribution < 1.29 is 4.74 Å². The number of aryl methyl sites for hydroxylation is 2. The Balaban J connectivity index is 1.28. The highest BCUT2D eigenvalue weighted by Gasteiger charge is 2.32. The Hall–Kier alpha value is -4.29. The maximum absolute atomic E-state index is 6.66. The predicted octanol–water partition coefficient (Wildman–Crippen LogP) is 11.2. The quantitative estimate of drug-likeness (QED) is 0.168. The molecular weight excluding hydrogens is 609 g/mol. The number of hydrogen-bond acceptors (Lipinski definition) is 4. The van der Waals surface area contributed by atoms with E-state index in [1.54, 1.807) is 0 Å². The molecule has 7 rings (SSSR count). The van der Waals surface area contributed by atoms with Crippen molar-refractivity contribution in [3.63, 3.8) is 0 Å². The Bertz CT molecular complexity index is 2200. The molecule has 1 aliphatic rings. The van der Waals surface area contributed by atoms with Gasteiger partial charge in [0, 0.05) is 51.5 Å². The molecule has 0 saturated heterocycles. The van der Waals surface area contributed by atoms with Gasteiger partial charge in [-0.25, -0.2) is 9.67 Å². The second-order valence-corrected chi connectivity index (χ2v) is 15.7. The number of nitrogens with zero attached hydrogens (tertiary/aromatic N) is 4. The first kappa shape index (κ1) is 32.3. The van der Waals surface area contributed by atoms with Gasteiger partial charge in [-0.2, -0.15) is 16.9 Å². The third-order valence-electron chi connectivity index (χ3n) is 10.1. The van der Waals surface area contributed by atoms with E-state index < -0.39 is 0 Å². The van der Waals surface area contributed by atoms with E-state index >= 15 is 0 Å². The molecule has 0 aliphatic heterocycles. The minimum atomic E-state index is 0.0152. The lowest BCUT2D eigenvalue weighted by Crippen LogP contribution is -2.22. The van der Waals surface area contributed by atoms with Gasteiger partial charge >= 0.3 is 0 Å². The van der Waals surface area contributed by atoms with E-state index in [0.717, 1.165) is 45.3 Å². The van der Waals surface area contributed by atoms with Crippen LogP contribution in [0.4, 0.5) is 0 Å². The van der Waals surface area contributed by atoms with Crippen LogP contribution >= 0.6 is 11.8 Å². The van der Waals surface area contributed by atoms with Crippen molar-refractivity contribution in [3.8, 4) is 23.0 Å². The lowest BCUT2D eigenvalue weighted by atomic mass is 9.75. The average Bonchev–Trinajstić information content (AvgIpc) is 3.53. The van der Waals surface area contributed by atoms with Crippen LogP contribution in [0.3, 0.4) is 0 Å². The van der Waals surface area contributed by atoms with Crippen LogP contribution in [0.5, 0.6) is 11.5 Å². The Kier molecular flexibility index (Phi) is 8.27. The zero-order valence-electron chi connectivity index (χ0n) is 29.6. The summed E-state index contributed by atoms with van der Waals surface area (Å²) < 4.78 is 11.0. The van der Waals surface area contributed by atoms with Gasteiger partial charge in [-0.1, -0.05) is 57.5 Å². The monoisotopic (exact) mass is 654 g/mol. The summed E-state index contributed by atoms with van der Waals surface area (Å²) in [5.41, 5.74) is 10.7. The molecule has 3 atom stereocenters. The Morgan fingerprint density at radius 1 is 0.854 bits per heavy atom. The minimum absolute atomic E-state index is 0.0152. The average molecular weight is 655 g/mol. The fourth-order valence-electron chi connectivity index (χ4n) is 7.76. The summed E-state index contributed by atoms with van der Waals surface area (Å²) in [6.45, 7) is 17.9. The first-order valence-corrected chi connectivity index (χ1v) is 18.3. The number of allylic oxidation sites excluding steroid dienone is 1. The fourth-order valence-corrected chi connectivity index (χ4v) is 8.61. The molecule has 0 amide bonds. The van der Waals surface area contributed by atoms with E-state index in [9.17, 15) is 0 Å². The second kappa shape index (κ2) is 12.3. The van der Waals surface area contributed by atoms with Crippen LogP contribution in [0.25, 0.3) is 33.3 Å². The van der Waals surface area contributed by atoms with E-state index in [4.69, 9.17) is 14.8 Å². The fraction of sp³-hybridized carbons (Fsp3) is 0.333. The van der Waals surface area contributed by atoms with E-state index in [-0.39, 0.29) is 5.41 Å². The summed E-state index contributed by atoms with van der Waals surface area (Å²) in [4.78, 5) is 4.84. The number of aromatic nitrogens is 4. The molecule has 3 aromatic heterocycles. The topological polar surface area (TPSA) is 44.9 Å². The summed E-state index contributed by atoms with van der Waals surface area (Å²) >= 11 is 1.95. The molecule has 0 fully saturated rings. The molecule has 3 aromatic carbocycles. The van der Waals surface area contributed by atoms with Gasteiger partial charge in [0.25, 0.3) is 0 Å².